The molecule has 0 aromatic rings. The van der Waals surface area contributed by atoms with Gasteiger partial charge in [0.15, 0.2) is 15.8 Å². The fourth-order valence-electron chi connectivity index (χ4n) is 3.30. The summed E-state index contributed by atoms with van der Waals surface area (Å²) in [5.74, 6) is 2.72. The van der Waals surface area contributed by atoms with Crippen molar-refractivity contribution >= 4 is 15.8 Å². The summed E-state index contributed by atoms with van der Waals surface area (Å²) >= 11 is 0. The molecule has 0 aromatic carbocycles. The molecule has 2 N–H and O–H groups in total. The minimum absolute atomic E-state index is 0.0107. The van der Waals surface area contributed by atoms with Gasteiger partial charge in [-0.3, -0.25) is 4.99 Å². The molecule has 5 nitrogen and oxygen atoms in total. The van der Waals surface area contributed by atoms with E-state index in [0.29, 0.717) is 18.1 Å². The molecule has 2 rings (SSSR count). The second kappa shape index (κ2) is 7.47. The van der Waals surface area contributed by atoms with Crippen molar-refractivity contribution in [2.75, 3.05) is 24.6 Å². The first kappa shape index (κ1) is 16.6. The molecule has 0 spiro atoms. The zero-order chi connectivity index (χ0) is 15.3. The van der Waals surface area contributed by atoms with Crippen molar-refractivity contribution in [1.29, 1.82) is 0 Å². The van der Waals surface area contributed by atoms with Gasteiger partial charge in [0.1, 0.15) is 0 Å². The van der Waals surface area contributed by atoms with Crippen molar-refractivity contribution in [3.05, 3.63) is 0 Å². The topological polar surface area (TPSA) is 70.6 Å². The summed E-state index contributed by atoms with van der Waals surface area (Å²) in [7, 11) is -2.85. The summed E-state index contributed by atoms with van der Waals surface area (Å²) < 4.78 is 23.1. The average molecular weight is 315 g/mol. The van der Waals surface area contributed by atoms with Crippen LogP contribution in [0.4, 0.5) is 0 Å². The third-order valence-electron chi connectivity index (χ3n) is 4.69. The van der Waals surface area contributed by atoms with Crippen molar-refractivity contribution < 1.29 is 8.42 Å². The fourth-order valence-corrected chi connectivity index (χ4v) is 4.97. The highest BCUT2D eigenvalue weighted by Crippen LogP contribution is 2.29. The molecule has 0 amide bonds. The van der Waals surface area contributed by atoms with E-state index < -0.39 is 9.84 Å². The van der Waals surface area contributed by atoms with Gasteiger partial charge in [0.2, 0.25) is 0 Å². The Bertz CT molecular complexity index is 462. The SMILES string of the molecule is CCNC(=NCC1CCCCC1C)NC1CCS(=O)(=O)C1. The Morgan fingerprint density at radius 3 is 2.62 bits per heavy atom. The molecular weight excluding hydrogens is 286 g/mol. The molecule has 2 fully saturated rings. The Hall–Kier alpha value is -0.780. The van der Waals surface area contributed by atoms with E-state index in [1.165, 1.54) is 25.7 Å². The van der Waals surface area contributed by atoms with Crippen LogP contribution in [0.3, 0.4) is 0 Å². The molecule has 3 unspecified atom stereocenters. The van der Waals surface area contributed by atoms with Crippen LogP contribution in [-0.4, -0.2) is 45.0 Å². The fraction of sp³-hybridized carbons (Fsp3) is 0.933. The first-order chi connectivity index (χ1) is 10.00. The van der Waals surface area contributed by atoms with E-state index in [4.69, 9.17) is 4.99 Å². The summed E-state index contributed by atoms with van der Waals surface area (Å²) in [5.41, 5.74) is 0. The summed E-state index contributed by atoms with van der Waals surface area (Å²) in [6, 6.07) is 0.0107. The second-order valence-electron chi connectivity index (χ2n) is 6.49. The van der Waals surface area contributed by atoms with E-state index in [2.05, 4.69) is 17.6 Å². The van der Waals surface area contributed by atoms with Crippen molar-refractivity contribution in [2.45, 2.75) is 52.0 Å². The lowest BCUT2D eigenvalue weighted by molar-refractivity contribution is 0.263. The Kier molecular flexibility index (Phi) is 5.90. The average Bonchev–Trinajstić information content (AvgIpc) is 2.77. The van der Waals surface area contributed by atoms with Crippen LogP contribution in [0.15, 0.2) is 4.99 Å². The zero-order valence-electron chi connectivity index (χ0n) is 13.3. The molecule has 1 aliphatic carbocycles. The molecule has 0 bridgehead atoms. The van der Waals surface area contributed by atoms with Crippen LogP contribution in [0.25, 0.3) is 0 Å². The van der Waals surface area contributed by atoms with Crippen LogP contribution in [0.5, 0.6) is 0 Å². The van der Waals surface area contributed by atoms with Gasteiger partial charge in [0, 0.05) is 19.1 Å². The first-order valence-corrected chi connectivity index (χ1v) is 10.1. The van der Waals surface area contributed by atoms with Crippen molar-refractivity contribution in [1.82, 2.24) is 10.6 Å². The number of guanidine groups is 1. The standard InChI is InChI=1S/C15H29N3O2S/c1-3-16-15(18-14-8-9-21(19,20)11-14)17-10-13-7-5-4-6-12(13)2/h12-14H,3-11H2,1-2H3,(H2,16,17,18). The zero-order valence-corrected chi connectivity index (χ0v) is 14.1. The Balaban J connectivity index is 1.89. The van der Waals surface area contributed by atoms with Crippen LogP contribution in [0, 0.1) is 11.8 Å². The van der Waals surface area contributed by atoms with Gasteiger partial charge in [0.25, 0.3) is 0 Å². The van der Waals surface area contributed by atoms with Crippen LogP contribution in [0.1, 0.15) is 46.0 Å². The minimum atomic E-state index is -2.85. The molecule has 6 heteroatoms. The number of aliphatic imine (C=N–C) groups is 1. The van der Waals surface area contributed by atoms with Crippen molar-refractivity contribution in [2.24, 2.45) is 16.8 Å². The Morgan fingerprint density at radius 2 is 2.00 bits per heavy atom. The molecule has 1 saturated carbocycles. The second-order valence-corrected chi connectivity index (χ2v) is 8.71. The van der Waals surface area contributed by atoms with Crippen LogP contribution < -0.4 is 10.6 Å². The third-order valence-corrected chi connectivity index (χ3v) is 6.46. The normalized spacial score (nSPS) is 32.9. The Morgan fingerprint density at radius 1 is 1.24 bits per heavy atom. The third kappa shape index (κ3) is 5.16. The number of hydrogen-bond acceptors (Lipinski definition) is 3. The molecule has 1 saturated heterocycles. The number of rotatable bonds is 4. The molecule has 122 valence electrons. The van der Waals surface area contributed by atoms with Gasteiger partial charge in [-0.05, 0) is 31.6 Å². The molecule has 1 aliphatic heterocycles. The highest BCUT2D eigenvalue weighted by molar-refractivity contribution is 7.91. The Labute approximate surface area is 128 Å². The number of sulfone groups is 1. The van der Waals surface area contributed by atoms with E-state index in [1.807, 2.05) is 6.92 Å². The minimum Gasteiger partial charge on any atom is -0.357 e. The quantitative estimate of drug-likeness (QED) is 0.610. The highest BCUT2D eigenvalue weighted by Gasteiger charge is 2.28. The van der Waals surface area contributed by atoms with E-state index >= 15 is 0 Å². The molecule has 0 radical (unpaired) electrons. The monoisotopic (exact) mass is 315 g/mol. The molecule has 2 aliphatic rings. The maximum absolute atomic E-state index is 11.5. The molecule has 1 heterocycles. The maximum Gasteiger partial charge on any atom is 0.191 e. The first-order valence-electron chi connectivity index (χ1n) is 8.25. The van der Waals surface area contributed by atoms with Crippen LogP contribution in [-0.2, 0) is 9.84 Å². The van der Waals surface area contributed by atoms with Gasteiger partial charge in [-0.1, -0.05) is 26.2 Å². The summed E-state index contributed by atoms with van der Waals surface area (Å²) in [5, 5.41) is 6.52. The van der Waals surface area contributed by atoms with Gasteiger partial charge in [-0.2, -0.15) is 0 Å². The van der Waals surface area contributed by atoms with E-state index in [1.54, 1.807) is 0 Å². The lowest BCUT2D eigenvalue weighted by Crippen LogP contribution is -2.44. The lowest BCUT2D eigenvalue weighted by Gasteiger charge is -2.27. The molecule has 21 heavy (non-hydrogen) atoms. The molecule has 3 atom stereocenters. The predicted octanol–water partition coefficient (Wildman–Crippen LogP) is 1.55. The van der Waals surface area contributed by atoms with E-state index in [-0.39, 0.29) is 11.8 Å². The molecular formula is C15H29N3O2S. The summed E-state index contributed by atoms with van der Waals surface area (Å²) in [4.78, 5) is 4.70. The summed E-state index contributed by atoms with van der Waals surface area (Å²) in [6.45, 7) is 6.00. The molecule has 0 aromatic heterocycles. The number of nitrogens with zero attached hydrogens (tertiary/aromatic N) is 1. The van der Waals surface area contributed by atoms with Gasteiger partial charge in [-0.15, -0.1) is 0 Å². The lowest BCUT2D eigenvalue weighted by atomic mass is 9.80. The smallest absolute Gasteiger partial charge is 0.191 e. The van der Waals surface area contributed by atoms with Crippen LogP contribution >= 0.6 is 0 Å². The van der Waals surface area contributed by atoms with Gasteiger partial charge >= 0.3 is 0 Å². The number of hydrogen-bond donors (Lipinski definition) is 2. The van der Waals surface area contributed by atoms with E-state index in [0.717, 1.165) is 25.0 Å². The van der Waals surface area contributed by atoms with Crippen molar-refractivity contribution in [3.8, 4) is 0 Å². The number of nitrogens with one attached hydrogen (secondary N) is 2. The van der Waals surface area contributed by atoms with Gasteiger partial charge in [-0.25, -0.2) is 8.42 Å². The van der Waals surface area contributed by atoms with Gasteiger partial charge < -0.3 is 10.6 Å². The van der Waals surface area contributed by atoms with Crippen LogP contribution in [0.2, 0.25) is 0 Å². The van der Waals surface area contributed by atoms with Gasteiger partial charge in [0.05, 0.1) is 11.5 Å². The predicted molar refractivity (Wildman–Crippen MR) is 87.3 cm³/mol. The van der Waals surface area contributed by atoms with E-state index in [9.17, 15) is 8.42 Å². The van der Waals surface area contributed by atoms with Crippen molar-refractivity contribution in [3.63, 3.8) is 0 Å². The largest absolute Gasteiger partial charge is 0.357 e. The highest BCUT2D eigenvalue weighted by atomic mass is 32.2. The maximum atomic E-state index is 11.5. The summed E-state index contributed by atoms with van der Waals surface area (Å²) in [6.07, 6.45) is 5.93.